The number of hydrogen-bond donors (Lipinski definition) is 0. The van der Waals surface area contributed by atoms with Crippen LogP contribution in [0.15, 0.2) is 30.3 Å². The minimum absolute atomic E-state index is 0.00725. The van der Waals surface area contributed by atoms with E-state index in [2.05, 4.69) is 36.1 Å². The van der Waals surface area contributed by atoms with Crippen molar-refractivity contribution in [3.63, 3.8) is 0 Å². The largest absolute Gasteiger partial charge is 0.339 e. The molecular weight excluding hydrogens is 314 g/mol. The maximum Gasteiger partial charge on any atom is 0.242 e. The highest BCUT2D eigenvalue weighted by molar-refractivity contribution is 5.83. The molecule has 5 heteroatoms. The number of amides is 2. The highest BCUT2D eigenvalue weighted by atomic mass is 16.2. The van der Waals surface area contributed by atoms with Gasteiger partial charge in [0.2, 0.25) is 11.8 Å². The molecule has 0 N–H and O–H groups in total. The van der Waals surface area contributed by atoms with E-state index in [-0.39, 0.29) is 18.4 Å². The predicted molar refractivity (Wildman–Crippen MR) is 100 cm³/mol. The zero-order valence-electron chi connectivity index (χ0n) is 15.6. The summed E-state index contributed by atoms with van der Waals surface area (Å²) >= 11 is 0. The summed E-state index contributed by atoms with van der Waals surface area (Å²) in [5.41, 5.74) is 1.31. The molecule has 2 rings (SSSR count). The second-order valence-electron chi connectivity index (χ2n) is 6.79. The zero-order valence-corrected chi connectivity index (χ0v) is 15.6. The molecule has 1 fully saturated rings. The van der Waals surface area contributed by atoms with Crippen LogP contribution in [0.1, 0.15) is 38.7 Å². The van der Waals surface area contributed by atoms with Crippen molar-refractivity contribution in [1.29, 1.82) is 0 Å². The number of hydrogen-bond acceptors (Lipinski definition) is 3. The van der Waals surface area contributed by atoms with Crippen molar-refractivity contribution in [3.8, 4) is 0 Å². The van der Waals surface area contributed by atoms with Crippen molar-refractivity contribution in [2.45, 2.75) is 39.7 Å². The van der Waals surface area contributed by atoms with Gasteiger partial charge in [-0.1, -0.05) is 50.1 Å². The van der Waals surface area contributed by atoms with Crippen LogP contribution in [0.25, 0.3) is 0 Å². The van der Waals surface area contributed by atoms with Gasteiger partial charge in [-0.15, -0.1) is 0 Å². The van der Waals surface area contributed by atoms with Gasteiger partial charge in [0.1, 0.15) is 0 Å². The van der Waals surface area contributed by atoms with Crippen LogP contribution in [0.3, 0.4) is 0 Å². The summed E-state index contributed by atoms with van der Waals surface area (Å²) in [5, 5.41) is 0. The lowest BCUT2D eigenvalue weighted by molar-refractivity contribution is -0.140. The Hall–Kier alpha value is -1.88. The molecule has 25 heavy (non-hydrogen) atoms. The highest BCUT2D eigenvalue weighted by Gasteiger charge is 2.23. The fourth-order valence-electron chi connectivity index (χ4n) is 3.16. The minimum Gasteiger partial charge on any atom is -0.339 e. The van der Waals surface area contributed by atoms with E-state index in [1.54, 1.807) is 11.8 Å². The quantitative estimate of drug-likeness (QED) is 0.680. The SMILES string of the molecule is CCCCCN(CC(=O)N1CCN(Cc2ccccc2)CC1)C(C)=O. The number of piperazine rings is 1. The molecule has 1 heterocycles. The summed E-state index contributed by atoms with van der Waals surface area (Å²) in [7, 11) is 0. The fourth-order valence-corrected chi connectivity index (χ4v) is 3.16. The van der Waals surface area contributed by atoms with Crippen molar-refractivity contribution < 1.29 is 9.59 Å². The predicted octanol–water partition coefficient (Wildman–Crippen LogP) is 2.37. The average molecular weight is 345 g/mol. The molecule has 0 saturated carbocycles. The van der Waals surface area contributed by atoms with Crippen molar-refractivity contribution in [3.05, 3.63) is 35.9 Å². The van der Waals surface area contributed by atoms with E-state index in [1.165, 1.54) is 5.56 Å². The second-order valence-corrected chi connectivity index (χ2v) is 6.79. The summed E-state index contributed by atoms with van der Waals surface area (Å²) in [6.07, 6.45) is 3.17. The number of carbonyl (C=O) groups excluding carboxylic acids is 2. The van der Waals surface area contributed by atoms with Gasteiger partial charge >= 0.3 is 0 Å². The summed E-state index contributed by atoms with van der Waals surface area (Å²) in [4.78, 5) is 30.2. The van der Waals surface area contributed by atoms with Crippen LogP contribution in [-0.2, 0) is 16.1 Å². The molecule has 1 saturated heterocycles. The second kappa shape index (κ2) is 10.2. The van der Waals surface area contributed by atoms with Gasteiger partial charge in [0.15, 0.2) is 0 Å². The van der Waals surface area contributed by atoms with Crippen LogP contribution in [0.5, 0.6) is 0 Å². The molecule has 0 aliphatic carbocycles. The maximum absolute atomic E-state index is 12.5. The number of unbranched alkanes of at least 4 members (excludes halogenated alkanes) is 2. The highest BCUT2D eigenvalue weighted by Crippen LogP contribution is 2.09. The van der Waals surface area contributed by atoms with Gasteiger partial charge < -0.3 is 9.80 Å². The van der Waals surface area contributed by atoms with E-state index in [9.17, 15) is 9.59 Å². The summed E-state index contributed by atoms with van der Waals surface area (Å²) in [6, 6.07) is 10.4. The molecule has 2 amide bonds. The molecule has 5 nitrogen and oxygen atoms in total. The summed E-state index contributed by atoms with van der Waals surface area (Å²) < 4.78 is 0. The molecule has 0 spiro atoms. The standard InChI is InChI=1S/C20H31N3O2/c1-3-4-8-11-23(18(2)24)17-20(25)22-14-12-21(13-15-22)16-19-9-6-5-7-10-19/h5-7,9-10H,3-4,8,11-17H2,1-2H3. The number of nitrogens with zero attached hydrogens (tertiary/aromatic N) is 3. The third kappa shape index (κ3) is 6.50. The topological polar surface area (TPSA) is 43.9 Å². The molecule has 0 aromatic heterocycles. The summed E-state index contributed by atoms with van der Waals surface area (Å²) in [6.45, 7) is 8.78. The fraction of sp³-hybridized carbons (Fsp3) is 0.600. The van der Waals surface area contributed by atoms with Gasteiger partial charge in [-0.25, -0.2) is 0 Å². The van der Waals surface area contributed by atoms with Gasteiger partial charge in [0.05, 0.1) is 6.54 Å². The molecule has 1 aliphatic rings. The molecule has 0 radical (unpaired) electrons. The van der Waals surface area contributed by atoms with Crippen molar-refractivity contribution >= 4 is 11.8 Å². The molecule has 0 atom stereocenters. The first kappa shape index (κ1) is 19.4. The molecular formula is C20H31N3O2. The Morgan fingerprint density at radius 2 is 1.72 bits per heavy atom. The van der Waals surface area contributed by atoms with Gasteiger partial charge in [0.25, 0.3) is 0 Å². The first-order chi connectivity index (χ1) is 12.1. The van der Waals surface area contributed by atoms with E-state index in [4.69, 9.17) is 0 Å². The van der Waals surface area contributed by atoms with Gasteiger partial charge in [-0.3, -0.25) is 14.5 Å². The van der Waals surface area contributed by atoms with E-state index in [1.807, 2.05) is 11.0 Å². The van der Waals surface area contributed by atoms with Crippen molar-refractivity contribution in [2.75, 3.05) is 39.3 Å². The zero-order chi connectivity index (χ0) is 18.1. The van der Waals surface area contributed by atoms with E-state index >= 15 is 0 Å². The van der Waals surface area contributed by atoms with Crippen LogP contribution in [-0.4, -0.2) is 65.8 Å². The van der Waals surface area contributed by atoms with E-state index < -0.39 is 0 Å². The molecule has 1 aromatic rings. The summed E-state index contributed by atoms with van der Waals surface area (Å²) in [5.74, 6) is 0.0678. The van der Waals surface area contributed by atoms with Crippen molar-refractivity contribution in [2.24, 2.45) is 0 Å². The minimum atomic E-state index is -0.00725. The van der Waals surface area contributed by atoms with Gasteiger partial charge in [-0.05, 0) is 12.0 Å². The lowest BCUT2D eigenvalue weighted by atomic mass is 10.2. The number of rotatable bonds is 8. The smallest absolute Gasteiger partial charge is 0.242 e. The molecule has 1 aromatic carbocycles. The monoisotopic (exact) mass is 345 g/mol. The first-order valence-corrected chi connectivity index (χ1v) is 9.39. The molecule has 138 valence electrons. The van der Waals surface area contributed by atoms with Gasteiger partial charge in [0, 0.05) is 46.2 Å². The average Bonchev–Trinajstić information content (AvgIpc) is 2.62. The normalized spacial score (nSPS) is 15.2. The third-order valence-electron chi connectivity index (χ3n) is 4.78. The van der Waals surface area contributed by atoms with Crippen molar-refractivity contribution in [1.82, 2.24) is 14.7 Å². The lowest BCUT2D eigenvalue weighted by Crippen LogP contribution is -2.51. The molecule has 1 aliphatic heterocycles. The number of carbonyl (C=O) groups is 2. The molecule has 0 bridgehead atoms. The Labute approximate surface area is 151 Å². The first-order valence-electron chi connectivity index (χ1n) is 9.39. The van der Waals surface area contributed by atoms with Crippen LogP contribution >= 0.6 is 0 Å². The number of benzene rings is 1. The Morgan fingerprint density at radius 1 is 1.04 bits per heavy atom. The Morgan fingerprint density at radius 3 is 2.32 bits per heavy atom. The van der Waals surface area contributed by atoms with Crippen LogP contribution in [0, 0.1) is 0 Å². The van der Waals surface area contributed by atoms with E-state index in [0.717, 1.165) is 52.0 Å². The molecule has 0 unspecified atom stereocenters. The van der Waals surface area contributed by atoms with Crippen LogP contribution < -0.4 is 0 Å². The van der Waals surface area contributed by atoms with E-state index in [0.29, 0.717) is 6.54 Å². The third-order valence-corrected chi connectivity index (χ3v) is 4.78. The Bertz CT molecular complexity index is 539. The van der Waals surface area contributed by atoms with Gasteiger partial charge in [-0.2, -0.15) is 0 Å². The van der Waals surface area contributed by atoms with Crippen LogP contribution in [0.4, 0.5) is 0 Å². The van der Waals surface area contributed by atoms with Crippen LogP contribution in [0.2, 0.25) is 0 Å². The Balaban J connectivity index is 1.76. The maximum atomic E-state index is 12.5. The lowest BCUT2D eigenvalue weighted by Gasteiger charge is -2.35. The Kier molecular flexibility index (Phi) is 7.92.